The molecule has 150 valence electrons. The quantitative estimate of drug-likeness (QED) is 0.831. The molecule has 0 radical (unpaired) electrons. The largest absolute Gasteiger partial charge is 0.352 e. The number of rotatable bonds is 5. The summed E-state index contributed by atoms with van der Waals surface area (Å²) in [6, 6.07) is 5.52. The molecule has 1 saturated carbocycles. The number of carbonyl (C=O) groups is 1. The number of piperazine rings is 1. The lowest BCUT2D eigenvalue weighted by Crippen LogP contribution is -2.55. The highest BCUT2D eigenvalue weighted by molar-refractivity contribution is 7.89. The fraction of sp³-hybridized carbons (Fsp3) is 0.650. The lowest BCUT2D eigenvalue weighted by Gasteiger charge is -2.37. The van der Waals surface area contributed by atoms with Gasteiger partial charge in [0.05, 0.1) is 10.9 Å². The minimum absolute atomic E-state index is 0.0626. The number of hydrogen-bond donors (Lipinski definition) is 1. The summed E-state index contributed by atoms with van der Waals surface area (Å²) in [5.74, 6) is 0.0626. The summed E-state index contributed by atoms with van der Waals surface area (Å²) in [7, 11) is -3.49. The Morgan fingerprint density at radius 2 is 1.74 bits per heavy atom. The lowest BCUT2D eigenvalue weighted by atomic mass is 10.2. The number of sulfonamides is 1. The molecule has 3 rings (SSSR count). The van der Waals surface area contributed by atoms with Gasteiger partial charge in [-0.25, -0.2) is 8.42 Å². The Morgan fingerprint density at radius 1 is 1.11 bits per heavy atom. The van der Waals surface area contributed by atoms with Crippen molar-refractivity contribution in [1.82, 2.24) is 14.5 Å². The first-order valence-corrected chi connectivity index (χ1v) is 11.3. The molecule has 1 saturated heterocycles. The Morgan fingerprint density at radius 3 is 2.33 bits per heavy atom. The van der Waals surface area contributed by atoms with Gasteiger partial charge in [0, 0.05) is 32.2 Å². The maximum Gasteiger partial charge on any atom is 0.243 e. The van der Waals surface area contributed by atoms with E-state index in [4.69, 9.17) is 0 Å². The third-order valence-corrected chi connectivity index (χ3v) is 7.91. The van der Waals surface area contributed by atoms with E-state index in [9.17, 15) is 13.2 Å². The van der Waals surface area contributed by atoms with Gasteiger partial charge in [0.2, 0.25) is 15.9 Å². The van der Waals surface area contributed by atoms with Crippen LogP contribution in [-0.4, -0.2) is 61.8 Å². The molecule has 0 spiro atoms. The predicted molar refractivity (Wildman–Crippen MR) is 106 cm³/mol. The van der Waals surface area contributed by atoms with E-state index in [0.29, 0.717) is 37.1 Å². The Balaban J connectivity index is 1.59. The number of nitrogens with zero attached hydrogens (tertiary/aromatic N) is 2. The predicted octanol–water partition coefficient (Wildman–Crippen LogP) is 2.06. The molecule has 0 aromatic heterocycles. The smallest absolute Gasteiger partial charge is 0.243 e. The molecule has 1 aliphatic carbocycles. The van der Waals surface area contributed by atoms with Gasteiger partial charge in [-0.05, 0) is 45.2 Å². The molecule has 1 aromatic rings. The van der Waals surface area contributed by atoms with Crippen molar-refractivity contribution in [2.75, 3.05) is 26.2 Å². The van der Waals surface area contributed by atoms with Crippen molar-refractivity contribution in [3.05, 3.63) is 29.3 Å². The highest BCUT2D eigenvalue weighted by atomic mass is 32.2. The first-order chi connectivity index (χ1) is 12.8. The molecule has 1 N–H and O–H groups in total. The molecule has 1 heterocycles. The van der Waals surface area contributed by atoms with Crippen molar-refractivity contribution < 1.29 is 13.2 Å². The Labute approximate surface area is 163 Å². The second kappa shape index (κ2) is 8.29. The van der Waals surface area contributed by atoms with Gasteiger partial charge in [-0.15, -0.1) is 0 Å². The summed E-state index contributed by atoms with van der Waals surface area (Å²) in [4.78, 5) is 15.0. The molecule has 1 atom stereocenters. The van der Waals surface area contributed by atoms with E-state index in [1.54, 1.807) is 10.4 Å². The van der Waals surface area contributed by atoms with Gasteiger partial charge in [0.15, 0.2) is 0 Å². The van der Waals surface area contributed by atoms with Crippen molar-refractivity contribution in [1.29, 1.82) is 0 Å². The number of hydrogen-bond acceptors (Lipinski definition) is 4. The molecular weight excluding hydrogens is 362 g/mol. The monoisotopic (exact) mass is 393 g/mol. The fourth-order valence-electron chi connectivity index (χ4n) is 4.12. The molecule has 1 aliphatic heterocycles. The average Bonchev–Trinajstić information content (AvgIpc) is 3.14. The van der Waals surface area contributed by atoms with Crippen molar-refractivity contribution in [3.8, 4) is 0 Å². The summed E-state index contributed by atoms with van der Waals surface area (Å²) in [5.41, 5.74) is 1.83. The van der Waals surface area contributed by atoms with Gasteiger partial charge < -0.3 is 5.32 Å². The SMILES string of the molecule is Cc1ccc(S(=O)(=O)N2CCN([C@@H](C)C(=O)NC3CCCC3)CC2)c(C)c1. The third-order valence-electron chi connectivity index (χ3n) is 5.85. The Hall–Kier alpha value is -1.44. The summed E-state index contributed by atoms with van der Waals surface area (Å²) < 4.78 is 27.5. The van der Waals surface area contributed by atoms with Gasteiger partial charge in [0.1, 0.15) is 0 Å². The van der Waals surface area contributed by atoms with Crippen molar-refractivity contribution in [3.63, 3.8) is 0 Å². The number of carbonyl (C=O) groups excluding carboxylic acids is 1. The normalized spacial score (nSPS) is 21.3. The molecule has 0 unspecified atom stereocenters. The molecule has 7 heteroatoms. The zero-order chi connectivity index (χ0) is 19.6. The van der Waals surface area contributed by atoms with Crippen LogP contribution in [0, 0.1) is 13.8 Å². The van der Waals surface area contributed by atoms with Gasteiger partial charge in [-0.3, -0.25) is 9.69 Å². The number of amides is 1. The summed E-state index contributed by atoms with van der Waals surface area (Å²) >= 11 is 0. The maximum absolute atomic E-state index is 13.0. The van der Waals surface area contributed by atoms with Crippen LogP contribution in [-0.2, 0) is 14.8 Å². The van der Waals surface area contributed by atoms with Gasteiger partial charge in [0.25, 0.3) is 0 Å². The van der Waals surface area contributed by atoms with Crippen molar-refractivity contribution in [2.24, 2.45) is 0 Å². The van der Waals surface area contributed by atoms with E-state index in [1.807, 2.05) is 32.9 Å². The van der Waals surface area contributed by atoms with E-state index in [0.717, 1.165) is 24.0 Å². The highest BCUT2D eigenvalue weighted by Crippen LogP contribution is 2.23. The van der Waals surface area contributed by atoms with Crippen LogP contribution in [0.15, 0.2) is 23.1 Å². The standard InChI is InChI=1S/C20H31N3O3S/c1-15-8-9-19(16(2)14-15)27(25,26)23-12-10-22(11-13-23)17(3)20(24)21-18-6-4-5-7-18/h8-9,14,17-18H,4-7,10-13H2,1-3H3,(H,21,24)/t17-/m0/s1. The van der Waals surface area contributed by atoms with Crippen molar-refractivity contribution in [2.45, 2.75) is 63.4 Å². The molecule has 27 heavy (non-hydrogen) atoms. The summed E-state index contributed by atoms with van der Waals surface area (Å²) in [6.45, 7) is 7.69. The van der Waals surface area contributed by atoms with Crippen LogP contribution in [0.4, 0.5) is 0 Å². The van der Waals surface area contributed by atoms with Crippen LogP contribution in [0.5, 0.6) is 0 Å². The minimum atomic E-state index is -3.49. The van der Waals surface area contributed by atoms with Crippen LogP contribution in [0.3, 0.4) is 0 Å². The van der Waals surface area contributed by atoms with Crippen molar-refractivity contribution >= 4 is 15.9 Å². The third kappa shape index (κ3) is 4.52. The van der Waals surface area contributed by atoms with Crippen LogP contribution in [0.1, 0.15) is 43.7 Å². The fourth-order valence-corrected chi connectivity index (χ4v) is 5.74. The number of nitrogens with one attached hydrogen (secondary N) is 1. The van der Waals surface area contributed by atoms with E-state index in [2.05, 4.69) is 10.2 Å². The first-order valence-electron chi connectivity index (χ1n) is 9.91. The average molecular weight is 394 g/mol. The zero-order valence-corrected chi connectivity index (χ0v) is 17.4. The molecule has 0 bridgehead atoms. The minimum Gasteiger partial charge on any atom is -0.352 e. The van der Waals surface area contributed by atoms with E-state index >= 15 is 0 Å². The van der Waals surface area contributed by atoms with Crippen LogP contribution in [0.25, 0.3) is 0 Å². The number of benzene rings is 1. The maximum atomic E-state index is 13.0. The molecule has 1 amide bonds. The molecule has 6 nitrogen and oxygen atoms in total. The first kappa shape index (κ1) is 20.3. The molecule has 1 aromatic carbocycles. The number of aryl methyl sites for hydroxylation is 2. The second-order valence-corrected chi connectivity index (χ2v) is 9.78. The van der Waals surface area contributed by atoms with Crippen LogP contribution < -0.4 is 5.32 Å². The van der Waals surface area contributed by atoms with Gasteiger partial charge in [-0.1, -0.05) is 30.5 Å². The van der Waals surface area contributed by atoms with Gasteiger partial charge >= 0.3 is 0 Å². The topological polar surface area (TPSA) is 69.7 Å². The lowest BCUT2D eigenvalue weighted by molar-refractivity contribution is -0.127. The van der Waals surface area contributed by atoms with Crippen LogP contribution in [0.2, 0.25) is 0 Å². The van der Waals surface area contributed by atoms with E-state index < -0.39 is 10.0 Å². The highest BCUT2D eigenvalue weighted by Gasteiger charge is 2.33. The summed E-state index contributed by atoms with van der Waals surface area (Å²) in [6.07, 6.45) is 4.52. The van der Waals surface area contributed by atoms with E-state index in [1.165, 1.54) is 12.8 Å². The van der Waals surface area contributed by atoms with Gasteiger partial charge in [-0.2, -0.15) is 4.31 Å². The Bertz CT molecular complexity index is 780. The molecular formula is C20H31N3O3S. The Kier molecular flexibility index (Phi) is 6.23. The molecule has 2 aliphatic rings. The van der Waals surface area contributed by atoms with E-state index in [-0.39, 0.29) is 11.9 Å². The zero-order valence-electron chi connectivity index (χ0n) is 16.6. The molecule has 2 fully saturated rings. The summed E-state index contributed by atoms with van der Waals surface area (Å²) in [5, 5.41) is 3.14. The van der Waals surface area contributed by atoms with Crippen LogP contribution >= 0.6 is 0 Å². The second-order valence-electron chi connectivity index (χ2n) is 7.87.